The number of amides is 2. The lowest BCUT2D eigenvalue weighted by Crippen LogP contribution is -2.77. The fourth-order valence-electron chi connectivity index (χ4n) is 3.68. The number of carbonyl (C=O) groups excluding carboxylic acids is 3. The van der Waals surface area contributed by atoms with Gasteiger partial charge in [0.2, 0.25) is 5.91 Å². The molecule has 2 saturated heterocycles. The van der Waals surface area contributed by atoms with Gasteiger partial charge in [-0.15, -0.1) is 0 Å². The second-order valence-electron chi connectivity index (χ2n) is 7.46. The summed E-state index contributed by atoms with van der Waals surface area (Å²) in [4.78, 5) is 39.0. The normalized spacial score (nSPS) is 24.2. The van der Waals surface area contributed by atoms with Crippen molar-refractivity contribution in [3.63, 3.8) is 0 Å². The molecule has 0 aromatic heterocycles. The van der Waals surface area contributed by atoms with E-state index >= 15 is 0 Å². The number of β-lactam (4-membered cyclic amide) rings is 1. The number of rotatable bonds is 7. The Bertz CT molecular complexity index is 1060. The molecular formula is C23H22N2O6S. The van der Waals surface area contributed by atoms with Crippen LogP contribution in [0, 0.1) is 0 Å². The van der Waals surface area contributed by atoms with E-state index in [1.165, 1.54) is 4.90 Å². The van der Waals surface area contributed by atoms with Gasteiger partial charge in [0, 0.05) is 5.75 Å². The lowest BCUT2D eigenvalue weighted by atomic mass is 9.98. The van der Waals surface area contributed by atoms with Gasteiger partial charge in [-0.05, 0) is 23.3 Å². The highest BCUT2D eigenvalue weighted by Gasteiger charge is 2.59. The van der Waals surface area contributed by atoms with Crippen molar-refractivity contribution in [2.45, 2.75) is 24.1 Å². The van der Waals surface area contributed by atoms with Gasteiger partial charge in [-0.25, -0.2) is 4.79 Å². The van der Waals surface area contributed by atoms with E-state index in [2.05, 4.69) is 11.9 Å². The molecule has 2 aliphatic heterocycles. The lowest BCUT2D eigenvalue weighted by Gasteiger charge is -2.52. The molecule has 4 atom stereocenters. The lowest BCUT2D eigenvalue weighted by molar-refractivity contribution is -0.164. The first-order valence-corrected chi connectivity index (χ1v) is 11.4. The van der Waals surface area contributed by atoms with Crippen molar-refractivity contribution in [2.75, 3.05) is 12.4 Å². The minimum Gasteiger partial charge on any atom is -0.484 e. The highest BCUT2D eigenvalue weighted by Crippen LogP contribution is 2.34. The number of ether oxygens (including phenoxy) is 2. The van der Waals surface area contributed by atoms with Crippen molar-refractivity contribution in [1.29, 1.82) is 0 Å². The largest absolute Gasteiger partial charge is 0.484 e. The maximum absolute atomic E-state index is 12.8. The molecule has 2 aromatic carbocycles. The Morgan fingerprint density at radius 3 is 2.44 bits per heavy atom. The minimum atomic E-state index is -1.50. The Kier molecular flexibility index (Phi) is 6.36. The quantitative estimate of drug-likeness (QED) is 0.383. The van der Waals surface area contributed by atoms with Crippen molar-refractivity contribution in [3.8, 4) is 5.75 Å². The maximum atomic E-state index is 12.8. The maximum Gasteiger partial charge on any atom is 0.333 e. The highest BCUT2D eigenvalue weighted by atomic mass is 32.2. The van der Waals surface area contributed by atoms with Gasteiger partial charge in [-0.2, -0.15) is 0 Å². The molecule has 0 radical (unpaired) electrons. The third kappa shape index (κ3) is 4.43. The van der Waals surface area contributed by atoms with Crippen molar-refractivity contribution < 1.29 is 28.1 Å². The van der Waals surface area contributed by atoms with Crippen LogP contribution in [0.15, 0.2) is 72.8 Å². The van der Waals surface area contributed by atoms with Crippen LogP contribution in [0.3, 0.4) is 0 Å². The molecule has 166 valence electrons. The van der Waals surface area contributed by atoms with Crippen LogP contribution in [0.5, 0.6) is 5.75 Å². The first kappa shape index (κ1) is 21.8. The van der Waals surface area contributed by atoms with Gasteiger partial charge in [0.1, 0.15) is 23.8 Å². The molecule has 0 saturated carbocycles. The van der Waals surface area contributed by atoms with Crippen molar-refractivity contribution in [3.05, 3.63) is 78.4 Å². The molecule has 8 nitrogen and oxygen atoms in total. The predicted octanol–water partition coefficient (Wildman–Crippen LogP) is 1.15. The van der Waals surface area contributed by atoms with Crippen LogP contribution in [0.1, 0.15) is 5.56 Å². The first-order valence-electron chi connectivity index (χ1n) is 10.0. The van der Waals surface area contributed by atoms with E-state index in [1.807, 2.05) is 36.4 Å². The summed E-state index contributed by atoms with van der Waals surface area (Å²) in [5, 5.41) is 1.75. The Hall–Kier alpha value is -3.46. The van der Waals surface area contributed by atoms with Crippen molar-refractivity contribution in [1.82, 2.24) is 10.2 Å². The van der Waals surface area contributed by atoms with E-state index in [1.54, 1.807) is 24.3 Å². The molecule has 1 N–H and O–H groups in total. The second-order valence-corrected chi connectivity index (χ2v) is 9.00. The first-order chi connectivity index (χ1) is 15.5. The molecule has 2 aliphatic rings. The van der Waals surface area contributed by atoms with Crippen LogP contribution in [-0.2, 0) is 36.5 Å². The Balaban J connectivity index is 1.38. The molecule has 0 bridgehead atoms. The fraction of sp³-hybridized carbons (Fsp3) is 0.261. The van der Waals surface area contributed by atoms with Crippen LogP contribution < -0.4 is 10.1 Å². The van der Waals surface area contributed by atoms with Crippen LogP contribution >= 0.6 is 0 Å². The highest BCUT2D eigenvalue weighted by molar-refractivity contribution is 7.86. The topological polar surface area (TPSA) is 102 Å². The van der Waals surface area contributed by atoms with E-state index in [0.717, 1.165) is 5.56 Å². The molecular weight excluding hydrogens is 432 g/mol. The fourth-order valence-corrected chi connectivity index (χ4v) is 5.35. The van der Waals surface area contributed by atoms with Gasteiger partial charge in [0.25, 0.3) is 5.91 Å². The molecule has 4 rings (SSSR count). The number of benzene rings is 2. The monoisotopic (exact) mass is 454 g/mol. The number of hydrogen-bond acceptors (Lipinski definition) is 6. The minimum absolute atomic E-state index is 0.0481. The summed E-state index contributed by atoms with van der Waals surface area (Å²) in [6, 6.07) is 15.9. The number of carbonyl (C=O) groups is 3. The van der Waals surface area contributed by atoms with Crippen LogP contribution in [0.4, 0.5) is 0 Å². The SMILES string of the molecule is C=C1CS(=O)[C@@H]2C(NC(=O)COc3ccccc3)C(=O)N2C1C(=O)OCc1ccccc1. The zero-order valence-corrected chi connectivity index (χ0v) is 18.0. The zero-order chi connectivity index (χ0) is 22.7. The molecule has 2 aromatic rings. The van der Waals surface area contributed by atoms with Crippen LogP contribution in [0.25, 0.3) is 0 Å². The number of esters is 1. The molecule has 2 amide bonds. The van der Waals surface area contributed by atoms with Gasteiger partial charge >= 0.3 is 5.97 Å². The van der Waals surface area contributed by atoms with Gasteiger partial charge in [0.05, 0.1) is 10.8 Å². The predicted molar refractivity (Wildman–Crippen MR) is 117 cm³/mol. The standard InChI is InChI=1S/C23H22N2O6S/c1-15-14-32(29)22-19(24-18(26)13-30-17-10-6-3-7-11-17)21(27)25(22)20(15)23(28)31-12-16-8-4-2-5-9-16/h2-11,19-20,22H,1,12-14H2,(H,24,26)/t19?,20?,22-,32?/m1/s1. The van der Waals surface area contributed by atoms with Crippen molar-refractivity contribution >= 4 is 28.6 Å². The Morgan fingerprint density at radius 2 is 1.75 bits per heavy atom. The van der Waals surface area contributed by atoms with E-state index in [4.69, 9.17) is 9.47 Å². The van der Waals surface area contributed by atoms with Crippen molar-refractivity contribution in [2.24, 2.45) is 0 Å². The van der Waals surface area contributed by atoms with Crippen LogP contribution in [0.2, 0.25) is 0 Å². The van der Waals surface area contributed by atoms with Gasteiger partial charge < -0.3 is 19.7 Å². The summed E-state index contributed by atoms with van der Waals surface area (Å²) in [5.41, 5.74) is 1.16. The second kappa shape index (κ2) is 9.35. The van der Waals surface area contributed by atoms with Crippen LogP contribution in [-0.4, -0.2) is 56.7 Å². The molecule has 0 spiro atoms. The summed E-state index contributed by atoms with van der Waals surface area (Å²) in [6.45, 7) is 3.59. The summed E-state index contributed by atoms with van der Waals surface area (Å²) in [7, 11) is -1.50. The number of nitrogens with one attached hydrogen (secondary N) is 1. The van der Waals surface area contributed by atoms with Gasteiger partial charge in [0.15, 0.2) is 12.6 Å². The number of fused-ring (bicyclic) bond motifs is 1. The molecule has 32 heavy (non-hydrogen) atoms. The third-order valence-corrected chi connectivity index (χ3v) is 6.91. The Morgan fingerprint density at radius 1 is 1.09 bits per heavy atom. The molecule has 0 aliphatic carbocycles. The summed E-state index contributed by atoms with van der Waals surface area (Å²) < 4.78 is 23.4. The molecule has 3 unspecified atom stereocenters. The smallest absolute Gasteiger partial charge is 0.333 e. The third-order valence-electron chi connectivity index (χ3n) is 5.22. The average Bonchev–Trinajstić information content (AvgIpc) is 2.81. The number of nitrogens with zero attached hydrogens (tertiary/aromatic N) is 1. The number of para-hydroxylation sites is 1. The molecule has 2 fully saturated rings. The number of hydrogen-bond donors (Lipinski definition) is 1. The van der Waals surface area contributed by atoms with E-state index in [-0.39, 0.29) is 19.0 Å². The summed E-state index contributed by atoms with van der Waals surface area (Å²) in [6.07, 6.45) is 0. The zero-order valence-electron chi connectivity index (χ0n) is 17.1. The average molecular weight is 455 g/mol. The van der Waals surface area contributed by atoms with E-state index in [0.29, 0.717) is 11.3 Å². The van der Waals surface area contributed by atoms with Gasteiger partial charge in [-0.1, -0.05) is 55.1 Å². The molecule has 9 heteroatoms. The summed E-state index contributed by atoms with van der Waals surface area (Å²) in [5.74, 6) is -1.09. The summed E-state index contributed by atoms with van der Waals surface area (Å²) >= 11 is 0. The van der Waals surface area contributed by atoms with Gasteiger partial charge in [-0.3, -0.25) is 13.8 Å². The van der Waals surface area contributed by atoms with E-state index < -0.39 is 46.0 Å². The molecule has 2 heterocycles. The van der Waals surface area contributed by atoms with E-state index in [9.17, 15) is 18.6 Å². The Labute approximate surface area is 187 Å².